The molecule has 2 rings (SSSR count). The van der Waals surface area contributed by atoms with Crippen molar-refractivity contribution in [2.45, 2.75) is 51.6 Å². The summed E-state index contributed by atoms with van der Waals surface area (Å²) < 4.78 is 5.54. The third-order valence-corrected chi connectivity index (χ3v) is 3.16. The van der Waals surface area contributed by atoms with E-state index in [2.05, 4.69) is 17.6 Å². The number of nitrogens with one attached hydrogen (secondary N) is 2. The topological polar surface area (TPSA) is 54.3 Å². The summed E-state index contributed by atoms with van der Waals surface area (Å²) in [6.45, 7) is 4.85. The van der Waals surface area contributed by atoms with E-state index in [9.17, 15) is 4.79 Å². The van der Waals surface area contributed by atoms with E-state index in [1.54, 1.807) is 0 Å². The molecular formula is C14H22N2O2. The minimum atomic E-state index is 0.181. The van der Waals surface area contributed by atoms with Crippen LogP contribution < -0.4 is 10.6 Å². The van der Waals surface area contributed by atoms with Crippen LogP contribution in [-0.2, 0) is 4.79 Å². The zero-order valence-electron chi connectivity index (χ0n) is 11.2. The third kappa shape index (κ3) is 4.18. The van der Waals surface area contributed by atoms with Crippen molar-refractivity contribution in [1.82, 2.24) is 10.6 Å². The lowest BCUT2D eigenvalue weighted by molar-refractivity contribution is -0.121. The first-order valence-corrected chi connectivity index (χ1v) is 6.74. The summed E-state index contributed by atoms with van der Waals surface area (Å²) in [4.78, 5) is 11.5. The number of carbonyl (C=O) groups is 1. The SMILES string of the molecule is Cc1ccc(C(C)NCCCC(=O)NC2CC2)o1. The molecular weight excluding hydrogens is 228 g/mol. The van der Waals surface area contributed by atoms with Crippen LogP contribution in [0.25, 0.3) is 0 Å². The molecule has 1 heterocycles. The number of amides is 1. The molecule has 1 aromatic heterocycles. The van der Waals surface area contributed by atoms with Crippen LogP contribution >= 0.6 is 0 Å². The van der Waals surface area contributed by atoms with Crippen LogP contribution in [0.15, 0.2) is 16.5 Å². The number of rotatable bonds is 7. The molecule has 1 aromatic rings. The van der Waals surface area contributed by atoms with Crippen molar-refractivity contribution in [1.29, 1.82) is 0 Å². The largest absolute Gasteiger partial charge is 0.465 e. The van der Waals surface area contributed by atoms with Gasteiger partial charge in [0.05, 0.1) is 6.04 Å². The second-order valence-electron chi connectivity index (χ2n) is 5.07. The average Bonchev–Trinajstić information content (AvgIpc) is 3.03. The van der Waals surface area contributed by atoms with E-state index < -0.39 is 0 Å². The first kappa shape index (κ1) is 13.1. The van der Waals surface area contributed by atoms with Crippen molar-refractivity contribution < 1.29 is 9.21 Å². The van der Waals surface area contributed by atoms with Crippen molar-refractivity contribution in [3.8, 4) is 0 Å². The molecule has 0 aliphatic heterocycles. The van der Waals surface area contributed by atoms with Crippen LogP contribution in [0.1, 0.15) is 50.2 Å². The Morgan fingerprint density at radius 3 is 2.89 bits per heavy atom. The molecule has 0 saturated heterocycles. The maximum atomic E-state index is 11.5. The van der Waals surface area contributed by atoms with Gasteiger partial charge in [0.1, 0.15) is 11.5 Å². The quantitative estimate of drug-likeness (QED) is 0.730. The number of aryl methyl sites for hydroxylation is 1. The zero-order chi connectivity index (χ0) is 13.0. The molecule has 0 bridgehead atoms. The van der Waals surface area contributed by atoms with Crippen molar-refractivity contribution >= 4 is 5.91 Å². The molecule has 2 N–H and O–H groups in total. The predicted molar refractivity (Wildman–Crippen MR) is 70.3 cm³/mol. The molecule has 18 heavy (non-hydrogen) atoms. The highest BCUT2D eigenvalue weighted by Gasteiger charge is 2.22. The van der Waals surface area contributed by atoms with E-state index in [1.807, 2.05) is 19.1 Å². The smallest absolute Gasteiger partial charge is 0.220 e. The highest BCUT2D eigenvalue weighted by atomic mass is 16.3. The fourth-order valence-electron chi connectivity index (χ4n) is 1.88. The van der Waals surface area contributed by atoms with Gasteiger partial charge < -0.3 is 15.1 Å². The fourth-order valence-corrected chi connectivity index (χ4v) is 1.88. The molecule has 0 radical (unpaired) electrons. The maximum Gasteiger partial charge on any atom is 0.220 e. The Bertz CT molecular complexity index is 396. The standard InChI is InChI=1S/C14H22N2O2/c1-10-5-8-13(18-10)11(2)15-9-3-4-14(17)16-12-6-7-12/h5,8,11-12,15H,3-4,6-7,9H2,1-2H3,(H,16,17). The summed E-state index contributed by atoms with van der Waals surface area (Å²) in [5.41, 5.74) is 0. The molecule has 4 nitrogen and oxygen atoms in total. The van der Waals surface area contributed by atoms with Gasteiger partial charge in [-0.3, -0.25) is 4.79 Å². The minimum Gasteiger partial charge on any atom is -0.465 e. The molecule has 1 aliphatic carbocycles. The Morgan fingerprint density at radius 2 is 2.28 bits per heavy atom. The van der Waals surface area contributed by atoms with E-state index in [4.69, 9.17) is 4.42 Å². The molecule has 0 spiro atoms. The zero-order valence-corrected chi connectivity index (χ0v) is 11.2. The van der Waals surface area contributed by atoms with E-state index in [0.717, 1.165) is 37.3 Å². The Hall–Kier alpha value is -1.29. The lowest BCUT2D eigenvalue weighted by Gasteiger charge is -2.11. The highest BCUT2D eigenvalue weighted by Crippen LogP contribution is 2.18. The first-order valence-electron chi connectivity index (χ1n) is 6.74. The summed E-state index contributed by atoms with van der Waals surface area (Å²) in [6.07, 6.45) is 3.77. The van der Waals surface area contributed by atoms with Crippen LogP contribution in [0, 0.1) is 6.92 Å². The molecule has 1 aliphatic rings. The van der Waals surface area contributed by atoms with E-state index in [-0.39, 0.29) is 11.9 Å². The van der Waals surface area contributed by atoms with Crippen molar-refractivity contribution in [2.24, 2.45) is 0 Å². The Kier molecular flexibility index (Phi) is 4.42. The van der Waals surface area contributed by atoms with Crippen LogP contribution in [-0.4, -0.2) is 18.5 Å². The Balaban J connectivity index is 1.58. The van der Waals surface area contributed by atoms with Gasteiger partial charge >= 0.3 is 0 Å². The van der Waals surface area contributed by atoms with Crippen LogP contribution in [0.3, 0.4) is 0 Å². The normalized spacial score (nSPS) is 16.6. The third-order valence-electron chi connectivity index (χ3n) is 3.16. The summed E-state index contributed by atoms with van der Waals surface area (Å²) in [7, 11) is 0. The highest BCUT2D eigenvalue weighted by molar-refractivity contribution is 5.76. The molecule has 1 atom stereocenters. The molecule has 1 unspecified atom stereocenters. The Labute approximate surface area is 108 Å². The van der Waals surface area contributed by atoms with Crippen molar-refractivity contribution in [3.63, 3.8) is 0 Å². The number of furan rings is 1. The molecule has 100 valence electrons. The second kappa shape index (κ2) is 6.05. The van der Waals surface area contributed by atoms with Crippen molar-refractivity contribution in [3.05, 3.63) is 23.7 Å². The van der Waals surface area contributed by atoms with Crippen LogP contribution in [0.4, 0.5) is 0 Å². The van der Waals surface area contributed by atoms with Gasteiger partial charge in [-0.15, -0.1) is 0 Å². The monoisotopic (exact) mass is 250 g/mol. The summed E-state index contributed by atoms with van der Waals surface area (Å²) in [5.74, 6) is 2.07. The van der Waals surface area contributed by atoms with E-state index in [1.165, 1.54) is 0 Å². The van der Waals surface area contributed by atoms with Gasteiger partial charge in [0, 0.05) is 12.5 Å². The summed E-state index contributed by atoms with van der Waals surface area (Å²) in [6, 6.07) is 4.63. The van der Waals surface area contributed by atoms with Gasteiger partial charge in [0.2, 0.25) is 5.91 Å². The van der Waals surface area contributed by atoms with Crippen LogP contribution in [0.5, 0.6) is 0 Å². The van der Waals surface area contributed by atoms with Crippen LogP contribution in [0.2, 0.25) is 0 Å². The van der Waals surface area contributed by atoms with E-state index >= 15 is 0 Å². The predicted octanol–water partition coefficient (Wildman–Crippen LogP) is 2.30. The van der Waals surface area contributed by atoms with Gasteiger partial charge in [-0.1, -0.05) is 0 Å². The number of carbonyl (C=O) groups excluding carboxylic acids is 1. The van der Waals surface area contributed by atoms with Gasteiger partial charge in [-0.2, -0.15) is 0 Å². The summed E-state index contributed by atoms with van der Waals surface area (Å²) >= 11 is 0. The first-order chi connectivity index (χ1) is 8.65. The fraction of sp³-hybridized carbons (Fsp3) is 0.643. The lowest BCUT2D eigenvalue weighted by Crippen LogP contribution is -2.27. The minimum absolute atomic E-state index is 0.181. The summed E-state index contributed by atoms with van der Waals surface area (Å²) in [5, 5.41) is 6.35. The number of hydrogen-bond acceptors (Lipinski definition) is 3. The van der Waals surface area contributed by atoms with Gasteiger partial charge in [-0.05, 0) is 51.8 Å². The molecule has 1 saturated carbocycles. The van der Waals surface area contributed by atoms with E-state index in [0.29, 0.717) is 12.5 Å². The van der Waals surface area contributed by atoms with Gasteiger partial charge in [0.25, 0.3) is 0 Å². The lowest BCUT2D eigenvalue weighted by atomic mass is 10.2. The van der Waals surface area contributed by atoms with Gasteiger partial charge in [-0.25, -0.2) is 0 Å². The second-order valence-corrected chi connectivity index (χ2v) is 5.07. The van der Waals surface area contributed by atoms with Crippen molar-refractivity contribution in [2.75, 3.05) is 6.54 Å². The molecule has 1 amide bonds. The molecule has 1 fully saturated rings. The maximum absolute atomic E-state index is 11.5. The van der Waals surface area contributed by atoms with Gasteiger partial charge in [0.15, 0.2) is 0 Å². The average molecular weight is 250 g/mol. The Morgan fingerprint density at radius 1 is 1.50 bits per heavy atom. The number of hydrogen-bond donors (Lipinski definition) is 2. The molecule has 4 heteroatoms. The molecule has 0 aromatic carbocycles.